The molecule has 1 aliphatic rings. The van der Waals surface area contributed by atoms with Crippen LogP contribution in [0.3, 0.4) is 0 Å². The number of nitro benzene ring substituents is 1. The minimum Gasteiger partial charge on any atom is -0.448 e. The first-order valence-electron chi connectivity index (χ1n) is 6.68. The zero-order valence-corrected chi connectivity index (χ0v) is 12.3. The number of aliphatic hydroxyl groups is 1. The summed E-state index contributed by atoms with van der Waals surface area (Å²) in [5, 5.41) is 24.0. The van der Waals surface area contributed by atoms with Crippen LogP contribution < -0.4 is 0 Å². The van der Waals surface area contributed by atoms with Crippen LogP contribution in [0.2, 0.25) is 0 Å². The summed E-state index contributed by atoms with van der Waals surface area (Å²) in [6, 6.07) is 4.70. The largest absolute Gasteiger partial charge is 0.448 e. The highest BCUT2D eigenvalue weighted by Gasteiger charge is 2.64. The first-order chi connectivity index (χ1) is 11.1. The van der Waals surface area contributed by atoms with Crippen molar-refractivity contribution < 1.29 is 32.7 Å². The molecule has 1 heterocycles. The molecule has 1 aromatic rings. The molecule has 130 valence electrons. The fourth-order valence-electron chi connectivity index (χ4n) is 2.10. The quantitative estimate of drug-likeness (QED) is 0.668. The highest BCUT2D eigenvalue weighted by Crippen LogP contribution is 2.41. The molecule has 8 nitrogen and oxygen atoms in total. The summed E-state index contributed by atoms with van der Waals surface area (Å²) in [6.45, 7) is 1.16. The van der Waals surface area contributed by atoms with E-state index in [9.17, 15) is 33.2 Å². The lowest BCUT2D eigenvalue weighted by Gasteiger charge is -2.31. The third-order valence-electron chi connectivity index (χ3n) is 3.27. The highest BCUT2D eigenvalue weighted by molar-refractivity contribution is 6.03. The molecular weight excluding hydrogens is 335 g/mol. The number of non-ortho nitro benzene ring substituents is 1. The number of nitrogens with zero attached hydrogens (tertiary/aromatic N) is 3. The molecule has 2 rings (SSSR count). The molecule has 1 N–H and O–H groups in total. The molecule has 24 heavy (non-hydrogen) atoms. The second-order valence-corrected chi connectivity index (χ2v) is 4.86. The van der Waals surface area contributed by atoms with E-state index in [0.29, 0.717) is 0 Å². The summed E-state index contributed by atoms with van der Waals surface area (Å²) in [5.41, 5.74) is -4.29. The fraction of sp³-hybridized carbons (Fsp3) is 0.385. The number of benzene rings is 1. The number of halogens is 3. The number of hydrogen-bond acceptors (Lipinski definition) is 6. The molecule has 0 radical (unpaired) electrons. The number of alkyl halides is 3. The summed E-state index contributed by atoms with van der Waals surface area (Å²) >= 11 is 0. The first kappa shape index (κ1) is 17.7. The molecule has 0 aromatic heterocycles. The fourth-order valence-corrected chi connectivity index (χ4v) is 2.10. The second-order valence-electron chi connectivity index (χ2n) is 4.86. The number of carbonyl (C=O) groups is 1. The van der Waals surface area contributed by atoms with Crippen LogP contribution in [0, 0.1) is 10.1 Å². The van der Waals surface area contributed by atoms with Crippen LogP contribution in [0.15, 0.2) is 29.4 Å². The second kappa shape index (κ2) is 6.07. The van der Waals surface area contributed by atoms with Crippen molar-refractivity contribution in [2.24, 2.45) is 5.10 Å². The smallest absolute Gasteiger partial charge is 0.439 e. The molecule has 0 saturated carbocycles. The lowest BCUT2D eigenvalue weighted by atomic mass is 10.0. The van der Waals surface area contributed by atoms with Gasteiger partial charge in [0.25, 0.3) is 11.4 Å². The van der Waals surface area contributed by atoms with Crippen LogP contribution in [0.1, 0.15) is 18.9 Å². The van der Waals surface area contributed by atoms with Crippen LogP contribution in [0.5, 0.6) is 0 Å². The molecule has 11 heteroatoms. The van der Waals surface area contributed by atoms with Gasteiger partial charge in [0.15, 0.2) is 0 Å². The van der Waals surface area contributed by atoms with Gasteiger partial charge in [-0.3, -0.25) is 10.1 Å². The number of carbonyl (C=O) groups excluding carboxylic acids is 1. The molecule has 0 saturated heterocycles. The maximum absolute atomic E-state index is 13.2. The topological polar surface area (TPSA) is 105 Å². The lowest BCUT2D eigenvalue weighted by Crippen LogP contribution is -2.56. The Hall–Kier alpha value is -2.69. The van der Waals surface area contributed by atoms with Crippen LogP contribution in [-0.2, 0) is 4.74 Å². The third-order valence-corrected chi connectivity index (χ3v) is 3.27. The first-order valence-corrected chi connectivity index (χ1v) is 6.68. The Kier molecular flexibility index (Phi) is 4.47. The zero-order valence-electron chi connectivity index (χ0n) is 12.3. The highest BCUT2D eigenvalue weighted by atomic mass is 19.4. The number of nitro groups is 1. The molecule has 0 aliphatic carbocycles. The average molecular weight is 347 g/mol. The summed E-state index contributed by atoms with van der Waals surface area (Å²) in [4.78, 5) is 21.7. The van der Waals surface area contributed by atoms with E-state index in [1.54, 1.807) is 0 Å². The molecule has 1 atom stereocenters. The van der Waals surface area contributed by atoms with Crippen LogP contribution in [-0.4, -0.2) is 45.4 Å². The van der Waals surface area contributed by atoms with Gasteiger partial charge in [-0.15, -0.1) is 0 Å². The van der Waals surface area contributed by atoms with Crippen molar-refractivity contribution in [3.63, 3.8) is 0 Å². The summed E-state index contributed by atoms with van der Waals surface area (Å²) in [6.07, 6.45) is -7.75. The normalized spacial score (nSPS) is 20.7. The molecular formula is C13H12F3N3O5. The van der Waals surface area contributed by atoms with Gasteiger partial charge in [0.05, 0.1) is 23.7 Å². The van der Waals surface area contributed by atoms with Crippen molar-refractivity contribution in [2.75, 3.05) is 6.61 Å². The van der Waals surface area contributed by atoms with Crippen molar-refractivity contribution in [1.82, 2.24) is 5.01 Å². The number of hydrazone groups is 1. The van der Waals surface area contributed by atoms with E-state index in [4.69, 9.17) is 0 Å². The van der Waals surface area contributed by atoms with Gasteiger partial charge in [-0.1, -0.05) is 12.1 Å². The van der Waals surface area contributed by atoms with Crippen molar-refractivity contribution in [2.45, 2.75) is 25.2 Å². The molecule has 1 amide bonds. The van der Waals surface area contributed by atoms with Gasteiger partial charge in [-0.25, -0.2) is 4.79 Å². The van der Waals surface area contributed by atoms with E-state index in [0.717, 1.165) is 12.1 Å². The van der Waals surface area contributed by atoms with E-state index in [-0.39, 0.29) is 28.6 Å². The number of ether oxygens (including phenoxy) is 1. The predicted octanol–water partition coefficient (Wildman–Crippen LogP) is 2.41. The van der Waals surface area contributed by atoms with Crippen LogP contribution >= 0.6 is 0 Å². The molecule has 0 fully saturated rings. The molecule has 1 aromatic carbocycles. The third kappa shape index (κ3) is 3.02. The van der Waals surface area contributed by atoms with Crippen LogP contribution in [0.4, 0.5) is 23.7 Å². The molecule has 0 spiro atoms. The zero-order chi connectivity index (χ0) is 18.1. The van der Waals surface area contributed by atoms with E-state index in [1.165, 1.54) is 19.1 Å². The van der Waals surface area contributed by atoms with Gasteiger partial charge in [0, 0.05) is 17.7 Å². The molecule has 1 aliphatic heterocycles. The van der Waals surface area contributed by atoms with Gasteiger partial charge in [-0.05, 0) is 6.92 Å². The summed E-state index contributed by atoms with van der Waals surface area (Å²) in [5.74, 6) is 0. The minimum atomic E-state index is -5.20. The molecule has 1 unspecified atom stereocenters. The van der Waals surface area contributed by atoms with Gasteiger partial charge in [0.2, 0.25) is 0 Å². The Balaban J connectivity index is 2.46. The Morgan fingerprint density at radius 2 is 2.21 bits per heavy atom. The van der Waals surface area contributed by atoms with Crippen molar-refractivity contribution in [3.05, 3.63) is 39.9 Å². The SMILES string of the molecule is CCOC(=O)N1N=C(c2cccc([N+](=O)[O-])c2)CC1(O)C(F)(F)F. The van der Waals surface area contributed by atoms with Crippen molar-refractivity contribution >= 4 is 17.5 Å². The van der Waals surface area contributed by atoms with E-state index < -0.39 is 29.3 Å². The number of rotatable bonds is 3. The Morgan fingerprint density at radius 1 is 1.54 bits per heavy atom. The van der Waals surface area contributed by atoms with E-state index in [2.05, 4.69) is 9.84 Å². The standard InChI is InChI=1S/C13H12F3N3O5/c1-2-24-11(20)18-12(21,13(14,15)16)7-10(17-18)8-4-3-5-9(6-8)19(22)23/h3-6,21H,2,7H2,1H3. The summed E-state index contributed by atoms with van der Waals surface area (Å²) < 4.78 is 44.1. The average Bonchev–Trinajstić information content (AvgIpc) is 2.87. The van der Waals surface area contributed by atoms with Gasteiger partial charge in [0.1, 0.15) is 0 Å². The Morgan fingerprint density at radius 3 is 2.75 bits per heavy atom. The predicted molar refractivity (Wildman–Crippen MR) is 74.1 cm³/mol. The monoisotopic (exact) mass is 347 g/mol. The Labute approximate surface area is 133 Å². The van der Waals surface area contributed by atoms with Gasteiger partial charge in [-0.2, -0.15) is 23.3 Å². The number of hydrogen-bond donors (Lipinski definition) is 1. The minimum absolute atomic E-state index is 0.0151. The summed E-state index contributed by atoms with van der Waals surface area (Å²) in [7, 11) is 0. The lowest BCUT2D eigenvalue weighted by molar-refractivity contribution is -0.384. The Bertz CT molecular complexity index is 706. The van der Waals surface area contributed by atoms with E-state index >= 15 is 0 Å². The van der Waals surface area contributed by atoms with Gasteiger partial charge < -0.3 is 9.84 Å². The molecule has 0 bridgehead atoms. The maximum atomic E-state index is 13.2. The van der Waals surface area contributed by atoms with Gasteiger partial charge >= 0.3 is 12.3 Å². The van der Waals surface area contributed by atoms with E-state index in [1.807, 2.05) is 0 Å². The van der Waals surface area contributed by atoms with Crippen LogP contribution in [0.25, 0.3) is 0 Å². The maximum Gasteiger partial charge on any atom is 0.439 e. The van der Waals surface area contributed by atoms with Crippen molar-refractivity contribution in [1.29, 1.82) is 0 Å². The van der Waals surface area contributed by atoms with Crippen molar-refractivity contribution in [3.8, 4) is 0 Å². The number of amides is 1.